The highest BCUT2D eigenvalue weighted by molar-refractivity contribution is 6.29. The van der Waals surface area contributed by atoms with Gasteiger partial charge in [-0.15, -0.1) is 10.2 Å². The molecule has 0 amide bonds. The lowest BCUT2D eigenvalue weighted by molar-refractivity contribution is 0.172. The van der Waals surface area contributed by atoms with Crippen molar-refractivity contribution in [2.75, 3.05) is 11.9 Å². The maximum Gasteiger partial charge on any atom is 0.151 e. The molecular formula is C11H16ClN3O. The van der Waals surface area contributed by atoms with Crippen molar-refractivity contribution in [1.82, 2.24) is 10.2 Å². The summed E-state index contributed by atoms with van der Waals surface area (Å²) in [5.41, 5.74) is -0.221. The summed E-state index contributed by atoms with van der Waals surface area (Å²) in [6.07, 6.45) is 5.50. The normalized spacial score (nSPS) is 19.4. The summed E-state index contributed by atoms with van der Waals surface area (Å²) >= 11 is 5.67. The Bertz CT molecular complexity index is 336. The number of aliphatic hydroxyl groups is 1. The molecule has 16 heavy (non-hydrogen) atoms. The number of rotatable bonds is 3. The monoisotopic (exact) mass is 241 g/mol. The zero-order valence-electron chi connectivity index (χ0n) is 9.12. The first-order chi connectivity index (χ1) is 7.74. The number of nitrogens with one attached hydrogen (secondary N) is 1. The maximum atomic E-state index is 9.52. The molecule has 1 aliphatic carbocycles. The Labute approximate surface area is 100 Å². The topological polar surface area (TPSA) is 58.0 Å². The summed E-state index contributed by atoms with van der Waals surface area (Å²) in [5.74, 6) is 0.681. The van der Waals surface area contributed by atoms with E-state index in [0.29, 0.717) is 11.0 Å². The summed E-state index contributed by atoms with van der Waals surface area (Å²) in [6, 6.07) is 3.49. The largest absolute Gasteiger partial charge is 0.394 e. The van der Waals surface area contributed by atoms with Crippen LogP contribution in [0, 0.1) is 0 Å². The van der Waals surface area contributed by atoms with Gasteiger partial charge >= 0.3 is 0 Å². The van der Waals surface area contributed by atoms with Gasteiger partial charge in [0.2, 0.25) is 0 Å². The highest BCUT2D eigenvalue weighted by Gasteiger charge is 2.31. The van der Waals surface area contributed by atoms with E-state index < -0.39 is 0 Å². The van der Waals surface area contributed by atoms with E-state index in [0.717, 1.165) is 25.7 Å². The van der Waals surface area contributed by atoms with Crippen LogP contribution in [0.2, 0.25) is 5.15 Å². The zero-order chi connectivity index (χ0) is 11.4. The van der Waals surface area contributed by atoms with Crippen LogP contribution < -0.4 is 5.32 Å². The van der Waals surface area contributed by atoms with Gasteiger partial charge in [0.15, 0.2) is 5.15 Å². The number of aliphatic hydroxyl groups excluding tert-OH is 1. The van der Waals surface area contributed by atoms with Gasteiger partial charge in [-0.1, -0.05) is 30.9 Å². The summed E-state index contributed by atoms with van der Waals surface area (Å²) in [6.45, 7) is 0.136. The van der Waals surface area contributed by atoms with Crippen LogP contribution in [0.5, 0.6) is 0 Å². The lowest BCUT2D eigenvalue weighted by atomic mass is 9.82. The third-order valence-electron chi connectivity index (χ3n) is 3.14. The third-order valence-corrected chi connectivity index (χ3v) is 3.34. The Kier molecular flexibility index (Phi) is 3.61. The minimum atomic E-state index is -0.221. The van der Waals surface area contributed by atoms with Gasteiger partial charge in [-0.3, -0.25) is 0 Å². The van der Waals surface area contributed by atoms with Crippen molar-refractivity contribution in [3.05, 3.63) is 17.3 Å². The van der Waals surface area contributed by atoms with E-state index >= 15 is 0 Å². The first-order valence-electron chi connectivity index (χ1n) is 5.62. The van der Waals surface area contributed by atoms with E-state index in [9.17, 15) is 5.11 Å². The Balaban J connectivity index is 2.08. The molecule has 2 rings (SSSR count). The van der Waals surface area contributed by atoms with Gasteiger partial charge in [-0.25, -0.2) is 0 Å². The molecule has 1 saturated carbocycles. The van der Waals surface area contributed by atoms with Crippen LogP contribution in [0.25, 0.3) is 0 Å². The molecule has 0 bridgehead atoms. The lowest BCUT2D eigenvalue weighted by Crippen LogP contribution is -2.44. The van der Waals surface area contributed by atoms with Crippen LogP contribution in [0.4, 0.5) is 5.82 Å². The average Bonchev–Trinajstić information content (AvgIpc) is 2.33. The van der Waals surface area contributed by atoms with Crippen molar-refractivity contribution in [3.8, 4) is 0 Å². The molecular weight excluding hydrogens is 226 g/mol. The fraction of sp³-hybridized carbons (Fsp3) is 0.636. The van der Waals surface area contributed by atoms with Gasteiger partial charge in [0.05, 0.1) is 12.1 Å². The molecule has 0 unspecified atom stereocenters. The van der Waals surface area contributed by atoms with Gasteiger partial charge in [-0.2, -0.15) is 0 Å². The van der Waals surface area contributed by atoms with Crippen molar-refractivity contribution < 1.29 is 5.11 Å². The quantitative estimate of drug-likeness (QED) is 0.852. The van der Waals surface area contributed by atoms with Crippen molar-refractivity contribution in [2.24, 2.45) is 0 Å². The SMILES string of the molecule is OCC1(Nc2ccc(Cl)nn2)CCCCC1. The summed E-state index contributed by atoms with van der Waals surface area (Å²) < 4.78 is 0. The van der Waals surface area contributed by atoms with Gasteiger partial charge in [0.1, 0.15) is 5.82 Å². The molecule has 5 heteroatoms. The number of anilines is 1. The van der Waals surface area contributed by atoms with Crippen LogP contribution in [0.15, 0.2) is 12.1 Å². The third kappa shape index (κ3) is 2.62. The first kappa shape index (κ1) is 11.6. The van der Waals surface area contributed by atoms with Gasteiger partial charge in [0.25, 0.3) is 0 Å². The van der Waals surface area contributed by atoms with Crippen molar-refractivity contribution in [2.45, 2.75) is 37.6 Å². The minimum Gasteiger partial charge on any atom is -0.394 e. The molecule has 88 valence electrons. The molecule has 2 N–H and O–H groups in total. The molecule has 4 nitrogen and oxygen atoms in total. The zero-order valence-corrected chi connectivity index (χ0v) is 9.87. The fourth-order valence-electron chi connectivity index (χ4n) is 2.21. The predicted octanol–water partition coefficient (Wildman–Crippen LogP) is 2.24. The maximum absolute atomic E-state index is 9.52. The minimum absolute atomic E-state index is 0.136. The van der Waals surface area contributed by atoms with Crippen LogP contribution in [-0.4, -0.2) is 27.4 Å². The highest BCUT2D eigenvalue weighted by Crippen LogP contribution is 2.30. The summed E-state index contributed by atoms with van der Waals surface area (Å²) in [4.78, 5) is 0. The molecule has 1 aliphatic rings. The second-order valence-electron chi connectivity index (χ2n) is 4.37. The Morgan fingerprint density at radius 3 is 2.56 bits per heavy atom. The second-order valence-corrected chi connectivity index (χ2v) is 4.75. The smallest absolute Gasteiger partial charge is 0.151 e. The number of hydrogen-bond donors (Lipinski definition) is 2. The standard InChI is InChI=1S/C11H16ClN3O/c12-9-4-5-10(15-14-9)13-11(8-16)6-2-1-3-7-11/h4-5,16H,1-3,6-8H2,(H,13,15). The number of aromatic nitrogens is 2. The van der Waals surface area contributed by atoms with Crippen LogP contribution in [-0.2, 0) is 0 Å². The van der Waals surface area contributed by atoms with Crippen molar-refractivity contribution >= 4 is 17.4 Å². The fourth-order valence-corrected chi connectivity index (χ4v) is 2.31. The van der Waals surface area contributed by atoms with Crippen molar-refractivity contribution in [3.63, 3.8) is 0 Å². The Morgan fingerprint density at radius 2 is 2.00 bits per heavy atom. The predicted molar refractivity (Wildman–Crippen MR) is 63.6 cm³/mol. The van der Waals surface area contributed by atoms with Crippen LogP contribution >= 0.6 is 11.6 Å². The highest BCUT2D eigenvalue weighted by atomic mass is 35.5. The molecule has 1 heterocycles. The molecule has 1 aromatic heterocycles. The molecule has 0 aromatic carbocycles. The van der Waals surface area contributed by atoms with Crippen LogP contribution in [0.3, 0.4) is 0 Å². The molecule has 0 radical (unpaired) electrons. The number of hydrogen-bond acceptors (Lipinski definition) is 4. The van der Waals surface area contributed by atoms with E-state index in [1.54, 1.807) is 12.1 Å². The molecule has 0 saturated heterocycles. The van der Waals surface area contributed by atoms with Gasteiger partial charge < -0.3 is 10.4 Å². The second kappa shape index (κ2) is 4.97. The van der Waals surface area contributed by atoms with Crippen LogP contribution in [0.1, 0.15) is 32.1 Å². The Hall–Kier alpha value is -0.870. The van der Waals surface area contributed by atoms with E-state index in [4.69, 9.17) is 11.6 Å². The first-order valence-corrected chi connectivity index (χ1v) is 6.00. The van der Waals surface area contributed by atoms with E-state index in [1.807, 2.05) is 0 Å². The molecule has 1 fully saturated rings. The van der Waals surface area contributed by atoms with Gasteiger partial charge in [-0.05, 0) is 25.0 Å². The Morgan fingerprint density at radius 1 is 1.25 bits per heavy atom. The molecule has 0 aliphatic heterocycles. The van der Waals surface area contributed by atoms with E-state index in [-0.39, 0.29) is 12.1 Å². The molecule has 1 aromatic rings. The summed E-state index contributed by atoms with van der Waals surface area (Å²) in [7, 11) is 0. The summed E-state index contributed by atoms with van der Waals surface area (Å²) in [5, 5.41) is 20.9. The van der Waals surface area contributed by atoms with Gasteiger partial charge in [0, 0.05) is 0 Å². The lowest BCUT2D eigenvalue weighted by Gasteiger charge is -2.36. The average molecular weight is 242 g/mol. The van der Waals surface area contributed by atoms with Crippen molar-refractivity contribution in [1.29, 1.82) is 0 Å². The molecule has 0 spiro atoms. The number of halogens is 1. The molecule has 0 atom stereocenters. The number of nitrogens with zero attached hydrogens (tertiary/aromatic N) is 2. The van der Waals surface area contributed by atoms with E-state index in [2.05, 4.69) is 15.5 Å². The van der Waals surface area contributed by atoms with E-state index in [1.165, 1.54) is 6.42 Å².